The number of benzene rings is 2. The number of esters is 1. The summed E-state index contributed by atoms with van der Waals surface area (Å²) in [4.78, 5) is 26.8. The Labute approximate surface area is 194 Å². The summed E-state index contributed by atoms with van der Waals surface area (Å²) in [5, 5.41) is 2.74. The van der Waals surface area contributed by atoms with Crippen molar-refractivity contribution in [1.29, 1.82) is 0 Å². The van der Waals surface area contributed by atoms with Crippen molar-refractivity contribution in [2.24, 2.45) is 0 Å². The fraction of sp³-hybridized carbons (Fsp3) is 0.391. The van der Waals surface area contributed by atoms with Crippen LogP contribution in [0.5, 0.6) is 0 Å². The number of nitrogens with one attached hydrogen (secondary N) is 2. The van der Waals surface area contributed by atoms with Gasteiger partial charge in [-0.25, -0.2) is 8.42 Å². The highest BCUT2D eigenvalue weighted by Gasteiger charge is 2.27. The van der Waals surface area contributed by atoms with Crippen molar-refractivity contribution in [3.8, 4) is 0 Å². The fourth-order valence-electron chi connectivity index (χ4n) is 3.39. The normalized spacial score (nSPS) is 15.0. The maximum atomic E-state index is 12.9. The van der Waals surface area contributed by atoms with E-state index >= 15 is 0 Å². The number of anilines is 2. The third-order valence-electron chi connectivity index (χ3n) is 5.32. The molecule has 2 N–H and O–H groups in total. The lowest BCUT2D eigenvalue weighted by Gasteiger charge is -2.29. The monoisotopic (exact) mass is 475 g/mol. The third-order valence-corrected chi connectivity index (χ3v) is 6.81. The summed E-state index contributed by atoms with van der Waals surface area (Å²) >= 11 is 0. The van der Waals surface area contributed by atoms with Gasteiger partial charge in [0.2, 0.25) is 15.9 Å². The van der Waals surface area contributed by atoms with Crippen LogP contribution in [0.1, 0.15) is 18.4 Å². The molecular weight excluding hydrogens is 446 g/mol. The Hall–Kier alpha value is -2.95. The van der Waals surface area contributed by atoms with Crippen LogP contribution < -0.4 is 14.9 Å². The predicted molar refractivity (Wildman–Crippen MR) is 125 cm³/mol. The Morgan fingerprint density at radius 2 is 1.70 bits per heavy atom. The molecule has 1 unspecified atom stereocenters. The number of hydrogen-bond donors (Lipinski definition) is 2. The van der Waals surface area contributed by atoms with Crippen molar-refractivity contribution in [2.75, 3.05) is 43.6 Å². The zero-order valence-electron chi connectivity index (χ0n) is 18.7. The van der Waals surface area contributed by atoms with Crippen LogP contribution in [0.4, 0.5) is 11.4 Å². The molecule has 1 amide bonds. The molecule has 9 nitrogen and oxygen atoms in total. The first-order chi connectivity index (χ1) is 15.8. The number of amides is 1. The molecule has 2 aromatic carbocycles. The second-order valence-electron chi connectivity index (χ2n) is 7.74. The molecule has 33 heavy (non-hydrogen) atoms. The van der Waals surface area contributed by atoms with Gasteiger partial charge in [0, 0.05) is 30.9 Å². The Balaban J connectivity index is 1.71. The predicted octanol–water partition coefficient (Wildman–Crippen LogP) is 2.07. The number of rotatable bonds is 9. The highest BCUT2D eigenvalue weighted by Crippen LogP contribution is 2.20. The van der Waals surface area contributed by atoms with E-state index < -0.39 is 27.9 Å². The van der Waals surface area contributed by atoms with Crippen molar-refractivity contribution in [3.05, 3.63) is 54.1 Å². The zero-order chi connectivity index (χ0) is 23.8. The first kappa shape index (κ1) is 24.7. The molecule has 1 atom stereocenters. The second kappa shape index (κ2) is 11.3. The topological polar surface area (TPSA) is 114 Å². The highest BCUT2D eigenvalue weighted by atomic mass is 32.2. The number of nitrogens with zero attached hydrogens (tertiary/aromatic N) is 1. The van der Waals surface area contributed by atoms with Crippen LogP contribution in [-0.2, 0) is 29.1 Å². The quantitative estimate of drug-likeness (QED) is 0.534. The smallest absolute Gasteiger partial charge is 0.305 e. The lowest BCUT2D eigenvalue weighted by atomic mass is 10.1. The number of aryl methyl sites for hydroxylation is 1. The van der Waals surface area contributed by atoms with Gasteiger partial charge in [-0.15, -0.1) is 0 Å². The molecule has 0 spiro atoms. The minimum atomic E-state index is -3.97. The molecule has 1 aliphatic heterocycles. The number of carbonyl (C=O) groups excluding carboxylic acids is 2. The number of methoxy groups -OCH3 is 1. The van der Waals surface area contributed by atoms with E-state index in [1.807, 2.05) is 19.1 Å². The molecule has 0 aromatic heterocycles. The molecule has 3 rings (SSSR count). The van der Waals surface area contributed by atoms with Gasteiger partial charge in [-0.2, -0.15) is 4.72 Å². The molecule has 2 aromatic rings. The molecule has 0 aliphatic carbocycles. The molecule has 10 heteroatoms. The lowest BCUT2D eigenvalue weighted by Crippen LogP contribution is -2.44. The van der Waals surface area contributed by atoms with Gasteiger partial charge >= 0.3 is 5.97 Å². The van der Waals surface area contributed by atoms with Crippen LogP contribution in [-0.4, -0.2) is 59.7 Å². The number of ether oxygens (including phenoxy) is 2. The molecule has 178 valence electrons. The largest absolute Gasteiger partial charge is 0.469 e. The molecule has 0 saturated carbocycles. The van der Waals surface area contributed by atoms with Crippen LogP contribution in [0.2, 0.25) is 0 Å². The summed E-state index contributed by atoms with van der Waals surface area (Å²) in [6.45, 7) is 4.77. The summed E-state index contributed by atoms with van der Waals surface area (Å²) in [7, 11) is -2.73. The Bertz CT molecular complexity index is 1050. The van der Waals surface area contributed by atoms with Crippen molar-refractivity contribution >= 4 is 33.3 Å². The number of sulfonamides is 1. The number of hydrogen-bond acceptors (Lipinski definition) is 7. The minimum absolute atomic E-state index is 0.0406. The van der Waals surface area contributed by atoms with Crippen molar-refractivity contribution in [3.63, 3.8) is 0 Å². The Morgan fingerprint density at radius 3 is 2.30 bits per heavy atom. The summed E-state index contributed by atoms with van der Waals surface area (Å²) in [6.07, 6.45) is -0.156. The van der Waals surface area contributed by atoms with Crippen LogP contribution >= 0.6 is 0 Å². The zero-order valence-corrected chi connectivity index (χ0v) is 19.6. The molecule has 1 heterocycles. The summed E-state index contributed by atoms with van der Waals surface area (Å²) in [5.41, 5.74) is 2.45. The van der Waals surface area contributed by atoms with E-state index in [9.17, 15) is 18.0 Å². The standard InChI is InChI=1S/C23H29N3O6S/c1-17-3-9-20(10-4-17)33(29,30)25-21(11-12-22(27)31-2)23(28)24-18-5-7-19(8-6-18)26-13-15-32-16-14-26/h3-10,21,25H,11-16H2,1-2H3,(H,24,28). The van der Waals surface area contributed by atoms with Gasteiger partial charge in [-0.3, -0.25) is 9.59 Å². The molecule has 1 fully saturated rings. The fourth-order valence-corrected chi connectivity index (χ4v) is 4.62. The average Bonchev–Trinajstić information content (AvgIpc) is 2.82. The van der Waals surface area contributed by atoms with Crippen LogP contribution in [0.25, 0.3) is 0 Å². The highest BCUT2D eigenvalue weighted by molar-refractivity contribution is 7.89. The van der Waals surface area contributed by atoms with Crippen molar-refractivity contribution in [2.45, 2.75) is 30.7 Å². The number of carbonyl (C=O) groups is 2. The van der Waals surface area contributed by atoms with E-state index in [4.69, 9.17) is 4.74 Å². The van der Waals surface area contributed by atoms with Gasteiger partial charge < -0.3 is 19.7 Å². The van der Waals surface area contributed by atoms with E-state index in [2.05, 4.69) is 19.7 Å². The van der Waals surface area contributed by atoms with E-state index in [-0.39, 0.29) is 17.7 Å². The molecule has 1 aliphatic rings. The first-order valence-corrected chi connectivity index (χ1v) is 12.2. The lowest BCUT2D eigenvalue weighted by molar-refractivity contribution is -0.140. The van der Waals surface area contributed by atoms with Gasteiger partial charge in [-0.05, 0) is 49.7 Å². The minimum Gasteiger partial charge on any atom is -0.469 e. The van der Waals surface area contributed by atoms with Gasteiger partial charge in [0.15, 0.2) is 0 Å². The maximum Gasteiger partial charge on any atom is 0.305 e. The van der Waals surface area contributed by atoms with Gasteiger partial charge in [0.25, 0.3) is 0 Å². The maximum absolute atomic E-state index is 12.9. The third kappa shape index (κ3) is 7.01. The summed E-state index contributed by atoms with van der Waals surface area (Å²) in [6, 6.07) is 12.4. The van der Waals surface area contributed by atoms with E-state index in [0.29, 0.717) is 18.9 Å². The van der Waals surface area contributed by atoms with E-state index in [1.165, 1.54) is 19.2 Å². The molecule has 1 saturated heterocycles. The molecule has 0 bridgehead atoms. The van der Waals surface area contributed by atoms with Gasteiger partial charge in [0.05, 0.1) is 25.2 Å². The van der Waals surface area contributed by atoms with Crippen LogP contribution in [0, 0.1) is 6.92 Å². The molecule has 0 radical (unpaired) electrons. The number of morpholine rings is 1. The Kier molecular flexibility index (Phi) is 8.43. The van der Waals surface area contributed by atoms with Gasteiger partial charge in [0.1, 0.15) is 6.04 Å². The summed E-state index contributed by atoms with van der Waals surface area (Å²) in [5.74, 6) is -1.09. The molecular formula is C23H29N3O6S. The Morgan fingerprint density at radius 1 is 1.06 bits per heavy atom. The average molecular weight is 476 g/mol. The van der Waals surface area contributed by atoms with Crippen LogP contribution in [0.3, 0.4) is 0 Å². The van der Waals surface area contributed by atoms with Crippen molar-refractivity contribution < 1.29 is 27.5 Å². The second-order valence-corrected chi connectivity index (χ2v) is 9.45. The van der Waals surface area contributed by atoms with E-state index in [0.717, 1.165) is 24.3 Å². The summed E-state index contributed by atoms with van der Waals surface area (Å²) < 4.78 is 38.1. The van der Waals surface area contributed by atoms with E-state index in [1.54, 1.807) is 24.3 Å². The first-order valence-electron chi connectivity index (χ1n) is 10.7. The van der Waals surface area contributed by atoms with Gasteiger partial charge in [-0.1, -0.05) is 17.7 Å². The SMILES string of the molecule is COC(=O)CCC(NS(=O)(=O)c1ccc(C)cc1)C(=O)Nc1ccc(N2CCOCC2)cc1. The van der Waals surface area contributed by atoms with Crippen molar-refractivity contribution in [1.82, 2.24) is 4.72 Å². The van der Waals surface area contributed by atoms with Crippen LogP contribution in [0.15, 0.2) is 53.4 Å².